The lowest BCUT2D eigenvalue weighted by Crippen LogP contribution is -2.06. The third-order valence-corrected chi connectivity index (χ3v) is 2.94. The Morgan fingerprint density at radius 2 is 1.85 bits per heavy atom. The number of aromatic nitrogens is 2. The first kappa shape index (κ1) is 14.2. The number of rotatable bonds is 7. The summed E-state index contributed by atoms with van der Waals surface area (Å²) in [4.78, 5) is 0. The highest BCUT2D eigenvalue weighted by atomic mass is 16.5. The minimum atomic E-state index is 0.616. The molecule has 2 aromatic rings. The van der Waals surface area contributed by atoms with Crippen molar-refractivity contribution in [3.05, 3.63) is 36.2 Å². The number of benzene rings is 1. The second kappa shape index (κ2) is 6.84. The van der Waals surface area contributed by atoms with Crippen LogP contribution in [0.1, 0.15) is 19.5 Å². The van der Waals surface area contributed by atoms with Gasteiger partial charge in [0.15, 0.2) is 11.5 Å². The fraction of sp³-hybridized carbons (Fsp3) is 0.400. The van der Waals surface area contributed by atoms with Gasteiger partial charge in [-0.1, -0.05) is 0 Å². The summed E-state index contributed by atoms with van der Waals surface area (Å²) in [5.41, 5.74) is 2.12. The molecule has 0 amide bonds. The van der Waals surface area contributed by atoms with Gasteiger partial charge in [-0.05, 0) is 32.0 Å². The van der Waals surface area contributed by atoms with Crippen molar-refractivity contribution in [2.75, 3.05) is 18.5 Å². The Balaban J connectivity index is 2.08. The quantitative estimate of drug-likeness (QED) is 0.844. The molecule has 0 aliphatic rings. The predicted octanol–water partition coefficient (Wildman–Crippen LogP) is 2.83. The van der Waals surface area contributed by atoms with Gasteiger partial charge >= 0.3 is 0 Å². The second-order valence-corrected chi connectivity index (χ2v) is 4.33. The van der Waals surface area contributed by atoms with E-state index >= 15 is 0 Å². The van der Waals surface area contributed by atoms with Gasteiger partial charge in [0.2, 0.25) is 0 Å². The molecule has 0 spiro atoms. The largest absolute Gasteiger partial charge is 0.490 e. The van der Waals surface area contributed by atoms with E-state index in [9.17, 15) is 0 Å². The van der Waals surface area contributed by atoms with E-state index in [-0.39, 0.29) is 0 Å². The topological polar surface area (TPSA) is 48.3 Å². The van der Waals surface area contributed by atoms with Gasteiger partial charge in [-0.15, -0.1) is 0 Å². The van der Waals surface area contributed by atoms with Crippen LogP contribution >= 0.6 is 0 Å². The molecule has 1 aromatic heterocycles. The van der Waals surface area contributed by atoms with Crippen molar-refractivity contribution in [3.63, 3.8) is 0 Å². The monoisotopic (exact) mass is 275 g/mol. The molecular formula is C15H21N3O2. The molecule has 1 N–H and O–H groups in total. The van der Waals surface area contributed by atoms with E-state index in [1.807, 2.05) is 49.8 Å². The van der Waals surface area contributed by atoms with E-state index in [1.165, 1.54) is 0 Å². The van der Waals surface area contributed by atoms with Crippen LogP contribution in [0.2, 0.25) is 0 Å². The van der Waals surface area contributed by atoms with Crippen LogP contribution in [0.5, 0.6) is 11.5 Å². The summed E-state index contributed by atoms with van der Waals surface area (Å²) in [7, 11) is 1.93. The lowest BCUT2D eigenvalue weighted by atomic mass is 10.2. The zero-order chi connectivity index (χ0) is 14.4. The van der Waals surface area contributed by atoms with E-state index in [0.29, 0.717) is 13.2 Å². The summed E-state index contributed by atoms with van der Waals surface area (Å²) in [5, 5.41) is 7.51. The molecule has 0 aliphatic heterocycles. The lowest BCUT2D eigenvalue weighted by molar-refractivity contribution is 0.288. The number of anilines is 1. The molecule has 1 aromatic carbocycles. The first-order valence-electron chi connectivity index (χ1n) is 6.85. The first-order chi connectivity index (χ1) is 9.74. The molecule has 0 atom stereocenters. The standard InChI is InChI=1S/C15H21N3O2/c1-4-19-14-7-6-12(10-15(14)20-5-2)16-11-13-8-9-17-18(13)3/h6-10,16H,4-5,11H2,1-3H3. The number of hydrogen-bond donors (Lipinski definition) is 1. The number of aryl methyl sites for hydroxylation is 1. The van der Waals surface area contributed by atoms with Gasteiger partial charge in [-0.3, -0.25) is 4.68 Å². The Kier molecular flexibility index (Phi) is 4.87. The molecule has 0 unspecified atom stereocenters. The maximum absolute atomic E-state index is 5.61. The zero-order valence-corrected chi connectivity index (χ0v) is 12.2. The zero-order valence-electron chi connectivity index (χ0n) is 12.2. The van der Waals surface area contributed by atoms with Gasteiger partial charge in [-0.25, -0.2) is 0 Å². The van der Waals surface area contributed by atoms with Crippen LogP contribution in [0.25, 0.3) is 0 Å². The van der Waals surface area contributed by atoms with Gasteiger partial charge in [0, 0.05) is 25.0 Å². The minimum absolute atomic E-state index is 0.616. The second-order valence-electron chi connectivity index (χ2n) is 4.33. The normalized spacial score (nSPS) is 10.3. The van der Waals surface area contributed by atoms with Crippen LogP contribution in [0, 0.1) is 0 Å². The summed E-state index contributed by atoms with van der Waals surface area (Å²) in [6.07, 6.45) is 1.79. The Morgan fingerprint density at radius 3 is 2.50 bits per heavy atom. The fourth-order valence-corrected chi connectivity index (χ4v) is 1.93. The maximum Gasteiger partial charge on any atom is 0.163 e. The smallest absolute Gasteiger partial charge is 0.163 e. The van der Waals surface area contributed by atoms with Crippen molar-refractivity contribution in [1.29, 1.82) is 0 Å². The molecule has 2 rings (SSSR count). The maximum atomic E-state index is 5.61. The summed E-state index contributed by atoms with van der Waals surface area (Å²) in [6.45, 7) is 5.89. The van der Waals surface area contributed by atoms with Crippen molar-refractivity contribution in [1.82, 2.24) is 9.78 Å². The molecule has 0 saturated heterocycles. The highest BCUT2D eigenvalue weighted by Gasteiger charge is 2.06. The average Bonchev–Trinajstić information content (AvgIpc) is 2.85. The van der Waals surface area contributed by atoms with Crippen molar-refractivity contribution < 1.29 is 9.47 Å². The lowest BCUT2D eigenvalue weighted by Gasteiger charge is -2.13. The summed E-state index contributed by atoms with van der Waals surface area (Å²) in [6, 6.07) is 7.87. The van der Waals surface area contributed by atoms with Crippen molar-refractivity contribution in [3.8, 4) is 11.5 Å². The van der Waals surface area contributed by atoms with Gasteiger partial charge in [-0.2, -0.15) is 5.10 Å². The molecule has 108 valence electrons. The Hall–Kier alpha value is -2.17. The molecule has 0 saturated carbocycles. The third-order valence-electron chi connectivity index (χ3n) is 2.94. The highest BCUT2D eigenvalue weighted by molar-refractivity contribution is 5.54. The van der Waals surface area contributed by atoms with E-state index in [4.69, 9.17) is 9.47 Å². The summed E-state index contributed by atoms with van der Waals surface area (Å²) in [5.74, 6) is 1.55. The number of hydrogen-bond acceptors (Lipinski definition) is 4. The van der Waals surface area contributed by atoms with Crippen molar-refractivity contribution in [2.45, 2.75) is 20.4 Å². The number of ether oxygens (including phenoxy) is 2. The molecule has 5 heteroatoms. The third kappa shape index (κ3) is 3.44. The average molecular weight is 275 g/mol. The van der Waals surface area contributed by atoms with Crippen LogP contribution < -0.4 is 14.8 Å². The van der Waals surface area contributed by atoms with Gasteiger partial charge < -0.3 is 14.8 Å². The molecule has 0 fully saturated rings. The van der Waals surface area contributed by atoms with Crippen LogP contribution in [-0.4, -0.2) is 23.0 Å². The molecular weight excluding hydrogens is 254 g/mol. The minimum Gasteiger partial charge on any atom is -0.490 e. The molecule has 0 bridgehead atoms. The SMILES string of the molecule is CCOc1ccc(NCc2ccnn2C)cc1OCC. The van der Waals surface area contributed by atoms with Gasteiger partial charge in [0.1, 0.15) is 0 Å². The molecule has 0 radical (unpaired) electrons. The highest BCUT2D eigenvalue weighted by Crippen LogP contribution is 2.30. The van der Waals surface area contributed by atoms with Crippen LogP contribution in [0.15, 0.2) is 30.5 Å². The molecule has 0 aliphatic carbocycles. The van der Waals surface area contributed by atoms with Gasteiger partial charge in [0.05, 0.1) is 25.5 Å². The molecule has 5 nitrogen and oxygen atoms in total. The Morgan fingerprint density at radius 1 is 1.10 bits per heavy atom. The molecule has 1 heterocycles. The van der Waals surface area contributed by atoms with Crippen LogP contribution in [-0.2, 0) is 13.6 Å². The summed E-state index contributed by atoms with van der Waals surface area (Å²) >= 11 is 0. The Bertz CT molecular complexity index is 552. The van der Waals surface area contributed by atoms with Gasteiger partial charge in [0.25, 0.3) is 0 Å². The van der Waals surface area contributed by atoms with Crippen LogP contribution in [0.4, 0.5) is 5.69 Å². The van der Waals surface area contributed by atoms with Crippen LogP contribution in [0.3, 0.4) is 0 Å². The van der Waals surface area contributed by atoms with Crippen molar-refractivity contribution >= 4 is 5.69 Å². The summed E-state index contributed by atoms with van der Waals surface area (Å²) < 4.78 is 13.0. The first-order valence-corrected chi connectivity index (χ1v) is 6.85. The number of nitrogens with one attached hydrogen (secondary N) is 1. The van der Waals surface area contributed by atoms with E-state index in [0.717, 1.165) is 29.4 Å². The van der Waals surface area contributed by atoms with Crippen molar-refractivity contribution in [2.24, 2.45) is 7.05 Å². The van der Waals surface area contributed by atoms with E-state index in [1.54, 1.807) is 6.20 Å². The van der Waals surface area contributed by atoms with E-state index in [2.05, 4.69) is 10.4 Å². The van der Waals surface area contributed by atoms with E-state index < -0.39 is 0 Å². The fourth-order valence-electron chi connectivity index (χ4n) is 1.93. The Labute approximate surface area is 119 Å². The molecule has 20 heavy (non-hydrogen) atoms. The number of nitrogens with zero attached hydrogens (tertiary/aromatic N) is 2. The predicted molar refractivity (Wildman–Crippen MR) is 79.3 cm³/mol.